The van der Waals surface area contributed by atoms with Gasteiger partial charge in [-0.2, -0.15) is 5.10 Å². The monoisotopic (exact) mass is 425 g/mol. The lowest BCUT2D eigenvalue weighted by Crippen LogP contribution is -2.32. The van der Waals surface area contributed by atoms with E-state index in [1.165, 1.54) is 4.68 Å². The van der Waals surface area contributed by atoms with Crippen molar-refractivity contribution in [1.82, 2.24) is 9.78 Å². The van der Waals surface area contributed by atoms with Crippen LogP contribution in [-0.4, -0.2) is 22.8 Å². The minimum absolute atomic E-state index is 0.0581. The molecule has 0 bridgehead atoms. The van der Waals surface area contributed by atoms with Gasteiger partial charge in [0.25, 0.3) is 11.5 Å². The van der Waals surface area contributed by atoms with Crippen molar-refractivity contribution in [2.24, 2.45) is 0 Å². The number of nitrogens with one attached hydrogen (secondary N) is 1. The van der Waals surface area contributed by atoms with E-state index in [0.717, 1.165) is 11.1 Å². The maximum absolute atomic E-state index is 13.5. The fourth-order valence-corrected chi connectivity index (χ4v) is 3.55. The lowest BCUT2D eigenvalue weighted by molar-refractivity contribution is 0.102. The Bertz CT molecular complexity index is 1280. The molecule has 1 aromatic heterocycles. The number of aromatic nitrogens is 2. The van der Waals surface area contributed by atoms with Crippen LogP contribution in [0.3, 0.4) is 0 Å². The highest BCUT2D eigenvalue weighted by atomic mass is 16.5. The van der Waals surface area contributed by atoms with Crippen molar-refractivity contribution in [2.45, 2.75) is 13.5 Å². The fraction of sp³-hybridized carbons (Fsp3) is 0.115. The summed E-state index contributed by atoms with van der Waals surface area (Å²) in [5, 5.41) is 7.47. The van der Waals surface area contributed by atoms with Crippen LogP contribution in [0.5, 0.6) is 5.75 Å². The molecule has 0 saturated heterocycles. The molecule has 4 aromatic rings. The number of carbonyl (C=O) groups is 1. The number of amides is 1. The predicted molar refractivity (Wildman–Crippen MR) is 126 cm³/mol. The molecule has 6 heteroatoms. The summed E-state index contributed by atoms with van der Waals surface area (Å²) in [6.45, 7) is 2.17. The predicted octanol–water partition coefficient (Wildman–Crippen LogP) is 4.86. The second kappa shape index (κ2) is 9.31. The summed E-state index contributed by atoms with van der Waals surface area (Å²) in [7, 11) is 1.58. The van der Waals surface area contributed by atoms with Gasteiger partial charge in [-0.05, 0) is 36.8 Å². The molecule has 3 aromatic carbocycles. The Morgan fingerprint density at radius 2 is 1.50 bits per heavy atom. The van der Waals surface area contributed by atoms with E-state index in [1.54, 1.807) is 31.4 Å². The molecule has 0 aliphatic carbocycles. The van der Waals surface area contributed by atoms with Gasteiger partial charge in [-0.3, -0.25) is 9.59 Å². The third-order valence-electron chi connectivity index (χ3n) is 5.14. The summed E-state index contributed by atoms with van der Waals surface area (Å²) < 4.78 is 6.51. The molecule has 0 unspecified atom stereocenters. The molecule has 4 rings (SSSR count). The Morgan fingerprint density at radius 1 is 0.906 bits per heavy atom. The normalized spacial score (nSPS) is 10.6. The number of methoxy groups -OCH3 is 1. The number of ether oxygens (including phenoxy) is 1. The van der Waals surface area contributed by atoms with E-state index < -0.39 is 11.5 Å². The maximum atomic E-state index is 13.5. The molecule has 0 atom stereocenters. The van der Waals surface area contributed by atoms with Gasteiger partial charge >= 0.3 is 0 Å². The summed E-state index contributed by atoms with van der Waals surface area (Å²) in [6.07, 6.45) is 0. The first kappa shape index (κ1) is 21.1. The Hall–Kier alpha value is -4.19. The molecule has 32 heavy (non-hydrogen) atoms. The topological polar surface area (TPSA) is 73.2 Å². The molecule has 6 nitrogen and oxygen atoms in total. The number of aryl methyl sites for hydroxylation is 1. The lowest BCUT2D eigenvalue weighted by Gasteiger charge is -2.17. The highest BCUT2D eigenvalue weighted by Crippen LogP contribution is 2.32. The molecule has 0 radical (unpaired) electrons. The Kier molecular flexibility index (Phi) is 6.12. The largest absolute Gasteiger partial charge is 0.497 e. The van der Waals surface area contributed by atoms with Gasteiger partial charge < -0.3 is 10.1 Å². The van der Waals surface area contributed by atoms with Gasteiger partial charge in [0.1, 0.15) is 11.3 Å². The van der Waals surface area contributed by atoms with Crippen molar-refractivity contribution in [3.63, 3.8) is 0 Å². The van der Waals surface area contributed by atoms with Gasteiger partial charge in [-0.15, -0.1) is 0 Å². The highest BCUT2D eigenvalue weighted by molar-refractivity contribution is 6.10. The van der Waals surface area contributed by atoms with Crippen LogP contribution in [0.4, 0.5) is 5.69 Å². The Balaban J connectivity index is 1.93. The van der Waals surface area contributed by atoms with Crippen molar-refractivity contribution in [2.75, 3.05) is 12.4 Å². The van der Waals surface area contributed by atoms with Gasteiger partial charge in [0.2, 0.25) is 0 Å². The van der Waals surface area contributed by atoms with Gasteiger partial charge in [0.05, 0.1) is 12.8 Å². The zero-order chi connectivity index (χ0) is 22.5. The van der Waals surface area contributed by atoms with Gasteiger partial charge in [0, 0.05) is 23.4 Å². The van der Waals surface area contributed by atoms with Crippen LogP contribution in [0, 0.1) is 0 Å². The van der Waals surface area contributed by atoms with Crippen molar-refractivity contribution >= 4 is 11.6 Å². The molecule has 1 heterocycles. The molecule has 160 valence electrons. The molecule has 0 spiro atoms. The average Bonchev–Trinajstić information content (AvgIpc) is 2.85. The number of nitrogens with zero attached hydrogens (tertiary/aromatic N) is 2. The van der Waals surface area contributed by atoms with Crippen LogP contribution in [0.15, 0.2) is 89.7 Å². The summed E-state index contributed by atoms with van der Waals surface area (Å²) >= 11 is 0. The van der Waals surface area contributed by atoms with E-state index in [4.69, 9.17) is 4.74 Å². The van der Waals surface area contributed by atoms with Crippen LogP contribution in [-0.2, 0) is 6.54 Å². The molecule has 0 aliphatic rings. The Morgan fingerprint density at radius 3 is 2.06 bits per heavy atom. The number of rotatable bonds is 6. The summed E-state index contributed by atoms with van der Waals surface area (Å²) in [5.41, 5.74) is 2.86. The minimum atomic E-state index is -0.485. The van der Waals surface area contributed by atoms with E-state index in [2.05, 4.69) is 10.4 Å². The maximum Gasteiger partial charge on any atom is 0.280 e. The number of hydrogen-bond donors (Lipinski definition) is 1. The zero-order valence-corrected chi connectivity index (χ0v) is 17.9. The van der Waals surface area contributed by atoms with Crippen molar-refractivity contribution in [1.29, 1.82) is 0 Å². The zero-order valence-electron chi connectivity index (χ0n) is 17.9. The second-order valence-corrected chi connectivity index (χ2v) is 7.13. The van der Waals surface area contributed by atoms with Crippen LogP contribution in [0.2, 0.25) is 0 Å². The molecule has 1 amide bonds. The third kappa shape index (κ3) is 4.16. The van der Waals surface area contributed by atoms with Crippen molar-refractivity contribution < 1.29 is 9.53 Å². The molecule has 0 fully saturated rings. The lowest BCUT2D eigenvalue weighted by atomic mass is 9.95. The minimum Gasteiger partial charge on any atom is -0.497 e. The smallest absolute Gasteiger partial charge is 0.280 e. The first-order valence-electron chi connectivity index (χ1n) is 10.3. The van der Waals surface area contributed by atoms with Crippen LogP contribution in [0.25, 0.3) is 22.4 Å². The SMILES string of the molecule is CCn1nc(-c2ccccc2)c(-c2ccccc2)c(C(=O)Nc2ccc(OC)cc2)c1=O. The number of hydrogen-bond acceptors (Lipinski definition) is 4. The third-order valence-corrected chi connectivity index (χ3v) is 5.14. The van der Waals surface area contributed by atoms with E-state index in [1.807, 2.05) is 67.6 Å². The van der Waals surface area contributed by atoms with E-state index in [-0.39, 0.29) is 5.56 Å². The summed E-state index contributed by atoms with van der Waals surface area (Å²) in [5.74, 6) is 0.192. The molecule has 0 saturated carbocycles. The van der Waals surface area contributed by atoms with Crippen molar-refractivity contribution in [3.8, 4) is 28.1 Å². The number of carbonyl (C=O) groups excluding carboxylic acids is 1. The fourth-order valence-electron chi connectivity index (χ4n) is 3.55. The standard InChI is InChI=1S/C26H23N3O3/c1-3-29-26(31)23(25(30)27-20-14-16-21(32-2)17-15-20)22(18-10-6-4-7-11-18)24(28-29)19-12-8-5-9-13-19/h4-17H,3H2,1-2H3,(H,27,30). The van der Waals surface area contributed by atoms with Crippen LogP contribution < -0.4 is 15.6 Å². The van der Waals surface area contributed by atoms with E-state index in [0.29, 0.717) is 29.2 Å². The first-order valence-corrected chi connectivity index (χ1v) is 10.3. The summed E-state index contributed by atoms with van der Waals surface area (Å²) in [6, 6.07) is 25.9. The van der Waals surface area contributed by atoms with Gasteiger partial charge in [0.15, 0.2) is 0 Å². The second-order valence-electron chi connectivity index (χ2n) is 7.13. The molecular formula is C26H23N3O3. The number of anilines is 1. The van der Waals surface area contributed by atoms with Crippen LogP contribution in [0.1, 0.15) is 17.3 Å². The van der Waals surface area contributed by atoms with Gasteiger partial charge in [-0.1, -0.05) is 60.7 Å². The average molecular weight is 425 g/mol. The quantitative estimate of drug-likeness (QED) is 0.479. The van der Waals surface area contributed by atoms with Crippen molar-refractivity contribution in [3.05, 3.63) is 101 Å². The summed E-state index contributed by atoms with van der Waals surface area (Å²) in [4.78, 5) is 26.8. The molecular weight excluding hydrogens is 402 g/mol. The molecule has 1 N–H and O–H groups in total. The first-order chi connectivity index (χ1) is 15.6. The Labute approximate surface area is 186 Å². The number of benzene rings is 3. The van der Waals surface area contributed by atoms with E-state index >= 15 is 0 Å². The van der Waals surface area contributed by atoms with E-state index in [9.17, 15) is 9.59 Å². The van der Waals surface area contributed by atoms with Crippen LogP contribution >= 0.6 is 0 Å². The highest BCUT2D eigenvalue weighted by Gasteiger charge is 2.25. The van der Waals surface area contributed by atoms with Gasteiger partial charge in [-0.25, -0.2) is 4.68 Å². The molecule has 0 aliphatic heterocycles.